The van der Waals surface area contributed by atoms with Crippen LogP contribution in [0.4, 0.5) is 4.39 Å². The highest BCUT2D eigenvalue weighted by molar-refractivity contribution is 7.91. The van der Waals surface area contributed by atoms with Gasteiger partial charge in [-0.15, -0.1) is 0 Å². The number of benzene rings is 1. The van der Waals surface area contributed by atoms with Crippen LogP contribution in [0.1, 0.15) is 31.2 Å². The number of halogens is 1. The molecular formula is C20H28FN3O2S. The molecule has 1 saturated carbocycles. The first kappa shape index (κ1) is 18.7. The Bertz CT molecular complexity index is 790. The molecule has 2 aliphatic heterocycles. The van der Waals surface area contributed by atoms with Gasteiger partial charge in [-0.05, 0) is 61.6 Å². The van der Waals surface area contributed by atoms with Crippen LogP contribution >= 0.6 is 0 Å². The molecule has 1 aliphatic carbocycles. The van der Waals surface area contributed by atoms with Crippen LogP contribution in [-0.4, -0.2) is 56.5 Å². The second-order valence-electron chi connectivity index (χ2n) is 8.28. The number of guanidine groups is 1. The quantitative estimate of drug-likeness (QED) is 0.616. The summed E-state index contributed by atoms with van der Waals surface area (Å²) in [5, 5.41) is 3.55. The predicted octanol–water partition coefficient (Wildman–Crippen LogP) is 2.23. The molecule has 0 radical (unpaired) electrons. The van der Waals surface area contributed by atoms with Gasteiger partial charge in [0, 0.05) is 25.7 Å². The SMILES string of the molecule is O=S1(=O)CCC(CN=C(NC2CC2)N2CCC(Cc3ccc(F)cc3)C2)C1. The zero-order valence-corrected chi connectivity index (χ0v) is 16.4. The standard InChI is InChI=1S/C20H28FN3O2S/c21-18-3-1-15(2-4-18)11-16-7-9-24(13-16)20(23-19-5-6-19)22-12-17-8-10-27(25,26)14-17/h1-4,16-17,19H,5-14H2,(H,22,23). The van der Waals surface area contributed by atoms with Crippen LogP contribution in [0.2, 0.25) is 0 Å². The summed E-state index contributed by atoms with van der Waals surface area (Å²) in [5.41, 5.74) is 1.17. The van der Waals surface area contributed by atoms with Gasteiger partial charge in [-0.2, -0.15) is 0 Å². The van der Waals surface area contributed by atoms with E-state index >= 15 is 0 Å². The lowest BCUT2D eigenvalue weighted by Crippen LogP contribution is -2.41. The van der Waals surface area contributed by atoms with E-state index < -0.39 is 9.84 Å². The molecule has 1 aromatic rings. The van der Waals surface area contributed by atoms with Crippen LogP contribution in [0.5, 0.6) is 0 Å². The van der Waals surface area contributed by atoms with Gasteiger partial charge in [0.2, 0.25) is 0 Å². The molecule has 1 N–H and O–H groups in total. The van der Waals surface area contributed by atoms with Crippen molar-refractivity contribution in [2.24, 2.45) is 16.8 Å². The van der Waals surface area contributed by atoms with Gasteiger partial charge in [-0.1, -0.05) is 12.1 Å². The Kier molecular flexibility index (Phi) is 5.39. The molecule has 4 rings (SSSR count). The fourth-order valence-electron chi connectivity index (χ4n) is 4.02. The minimum atomic E-state index is -2.85. The molecule has 0 bridgehead atoms. The number of hydrogen-bond donors (Lipinski definition) is 1. The summed E-state index contributed by atoms with van der Waals surface area (Å²) >= 11 is 0. The zero-order valence-electron chi connectivity index (χ0n) is 15.6. The molecule has 27 heavy (non-hydrogen) atoms. The largest absolute Gasteiger partial charge is 0.354 e. The number of sulfone groups is 1. The Morgan fingerprint density at radius 1 is 1.15 bits per heavy atom. The van der Waals surface area contributed by atoms with Crippen molar-refractivity contribution in [3.63, 3.8) is 0 Å². The number of nitrogens with one attached hydrogen (secondary N) is 1. The molecule has 2 unspecified atom stereocenters. The van der Waals surface area contributed by atoms with Gasteiger partial charge < -0.3 is 10.2 Å². The number of aliphatic imine (C=N–C) groups is 1. The summed E-state index contributed by atoms with van der Waals surface area (Å²) in [5.74, 6) is 2.03. The third-order valence-electron chi connectivity index (χ3n) is 5.76. The fourth-order valence-corrected chi connectivity index (χ4v) is 5.87. The normalized spacial score (nSPS) is 27.9. The van der Waals surface area contributed by atoms with E-state index in [4.69, 9.17) is 4.99 Å². The number of hydrogen-bond acceptors (Lipinski definition) is 3. The van der Waals surface area contributed by atoms with E-state index in [-0.39, 0.29) is 17.5 Å². The molecule has 0 amide bonds. The smallest absolute Gasteiger partial charge is 0.194 e. The van der Waals surface area contributed by atoms with Gasteiger partial charge in [0.25, 0.3) is 0 Å². The zero-order chi connectivity index (χ0) is 18.9. The molecule has 0 spiro atoms. The Morgan fingerprint density at radius 2 is 1.93 bits per heavy atom. The van der Waals surface area contributed by atoms with Crippen molar-refractivity contribution >= 4 is 15.8 Å². The van der Waals surface area contributed by atoms with Gasteiger partial charge in [0.05, 0.1) is 11.5 Å². The summed E-state index contributed by atoms with van der Waals surface area (Å²) in [7, 11) is -2.85. The minimum Gasteiger partial charge on any atom is -0.354 e. The summed E-state index contributed by atoms with van der Waals surface area (Å²) in [6, 6.07) is 7.32. The molecule has 7 heteroatoms. The van der Waals surface area contributed by atoms with Crippen LogP contribution < -0.4 is 5.32 Å². The van der Waals surface area contributed by atoms with Crippen molar-refractivity contribution < 1.29 is 12.8 Å². The van der Waals surface area contributed by atoms with Gasteiger partial charge in [-0.3, -0.25) is 4.99 Å². The topological polar surface area (TPSA) is 61.8 Å². The van der Waals surface area contributed by atoms with Crippen molar-refractivity contribution in [3.8, 4) is 0 Å². The first-order valence-electron chi connectivity index (χ1n) is 9.98. The Labute approximate surface area is 161 Å². The van der Waals surface area contributed by atoms with Crippen LogP contribution in [0.3, 0.4) is 0 Å². The lowest BCUT2D eigenvalue weighted by molar-refractivity contribution is 0.455. The average Bonchev–Trinajstić information content (AvgIpc) is 3.22. The van der Waals surface area contributed by atoms with Crippen LogP contribution in [0.25, 0.3) is 0 Å². The third kappa shape index (κ3) is 5.21. The van der Waals surface area contributed by atoms with Gasteiger partial charge in [0.1, 0.15) is 5.82 Å². The fraction of sp³-hybridized carbons (Fsp3) is 0.650. The van der Waals surface area contributed by atoms with E-state index in [1.165, 1.54) is 30.5 Å². The molecule has 2 saturated heterocycles. The first-order chi connectivity index (χ1) is 13.0. The van der Waals surface area contributed by atoms with Crippen molar-refractivity contribution in [2.45, 2.75) is 38.1 Å². The Balaban J connectivity index is 1.36. The number of nitrogens with zero attached hydrogens (tertiary/aromatic N) is 2. The molecule has 0 aromatic heterocycles. The highest BCUT2D eigenvalue weighted by atomic mass is 32.2. The van der Waals surface area contributed by atoms with E-state index in [9.17, 15) is 12.8 Å². The van der Waals surface area contributed by atoms with Crippen molar-refractivity contribution in [1.82, 2.24) is 10.2 Å². The summed E-state index contributed by atoms with van der Waals surface area (Å²) in [6.07, 6.45) is 5.15. The second-order valence-corrected chi connectivity index (χ2v) is 10.5. The van der Waals surface area contributed by atoms with E-state index in [1.807, 2.05) is 12.1 Å². The molecular weight excluding hydrogens is 365 g/mol. The third-order valence-corrected chi connectivity index (χ3v) is 7.60. The highest BCUT2D eigenvalue weighted by Gasteiger charge is 2.31. The van der Waals surface area contributed by atoms with E-state index in [0.717, 1.165) is 38.3 Å². The Morgan fingerprint density at radius 3 is 2.59 bits per heavy atom. The molecule has 5 nitrogen and oxygen atoms in total. The maximum absolute atomic E-state index is 13.1. The van der Waals surface area contributed by atoms with Crippen LogP contribution in [0, 0.1) is 17.7 Å². The monoisotopic (exact) mass is 393 g/mol. The molecule has 3 aliphatic rings. The molecule has 1 aromatic carbocycles. The number of likely N-dealkylation sites (tertiary alicyclic amines) is 1. The molecule has 3 fully saturated rings. The molecule has 2 atom stereocenters. The lowest BCUT2D eigenvalue weighted by atomic mass is 9.99. The van der Waals surface area contributed by atoms with Crippen LogP contribution in [0.15, 0.2) is 29.3 Å². The predicted molar refractivity (Wildman–Crippen MR) is 105 cm³/mol. The summed E-state index contributed by atoms with van der Waals surface area (Å²) in [6.45, 7) is 2.50. The number of rotatable bonds is 5. The maximum Gasteiger partial charge on any atom is 0.194 e. The van der Waals surface area contributed by atoms with Crippen LogP contribution in [-0.2, 0) is 16.3 Å². The van der Waals surface area contributed by atoms with Gasteiger partial charge in [0.15, 0.2) is 15.8 Å². The minimum absolute atomic E-state index is 0.156. The maximum atomic E-state index is 13.1. The van der Waals surface area contributed by atoms with Crippen molar-refractivity contribution in [3.05, 3.63) is 35.6 Å². The molecule has 148 valence electrons. The van der Waals surface area contributed by atoms with Crippen molar-refractivity contribution in [1.29, 1.82) is 0 Å². The lowest BCUT2D eigenvalue weighted by Gasteiger charge is -2.23. The van der Waals surface area contributed by atoms with E-state index in [1.54, 1.807) is 0 Å². The highest BCUT2D eigenvalue weighted by Crippen LogP contribution is 2.24. The van der Waals surface area contributed by atoms with Gasteiger partial charge >= 0.3 is 0 Å². The second kappa shape index (κ2) is 7.78. The first-order valence-corrected chi connectivity index (χ1v) is 11.8. The Hall–Kier alpha value is -1.63. The molecule has 2 heterocycles. The van der Waals surface area contributed by atoms with Crippen molar-refractivity contribution in [2.75, 3.05) is 31.1 Å². The summed E-state index contributed by atoms with van der Waals surface area (Å²) < 4.78 is 36.4. The summed E-state index contributed by atoms with van der Waals surface area (Å²) in [4.78, 5) is 7.12. The van der Waals surface area contributed by atoms with E-state index in [0.29, 0.717) is 24.3 Å². The van der Waals surface area contributed by atoms with E-state index in [2.05, 4.69) is 10.2 Å². The van der Waals surface area contributed by atoms with Gasteiger partial charge in [-0.25, -0.2) is 12.8 Å². The average molecular weight is 394 g/mol.